The molecule has 0 bridgehead atoms. The van der Waals surface area contributed by atoms with Crippen molar-refractivity contribution < 1.29 is 17.6 Å². The molecule has 33 heavy (non-hydrogen) atoms. The number of carbonyl (C=O) groups is 1. The Morgan fingerprint density at radius 2 is 1.82 bits per heavy atom. The van der Waals surface area contributed by atoms with Gasteiger partial charge in [-0.3, -0.25) is 4.79 Å². The Morgan fingerprint density at radius 3 is 2.52 bits per heavy atom. The first-order valence-electron chi connectivity index (χ1n) is 11.2. The maximum absolute atomic E-state index is 12.7. The summed E-state index contributed by atoms with van der Waals surface area (Å²) in [5.74, 6) is 0.449. The zero-order valence-electron chi connectivity index (χ0n) is 18.7. The summed E-state index contributed by atoms with van der Waals surface area (Å²) < 4.78 is 31.1. The largest absolute Gasteiger partial charge is 0.441 e. The number of carbonyl (C=O) groups excluding carboxylic acids is 1. The average molecular weight is 465 g/mol. The molecule has 1 heterocycles. The Kier molecular flexibility index (Phi) is 7.08. The van der Waals surface area contributed by atoms with Crippen LogP contribution in [0.4, 0.5) is 0 Å². The first-order valence-corrected chi connectivity index (χ1v) is 12.9. The maximum atomic E-state index is 12.7. The Morgan fingerprint density at radius 1 is 1.06 bits per heavy atom. The number of allylic oxidation sites excluding steroid dienone is 1. The number of aromatic nitrogens is 1. The van der Waals surface area contributed by atoms with Crippen molar-refractivity contribution in [2.45, 2.75) is 49.7 Å². The minimum Gasteiger partial charge on any atom is -0.441 e. The van der Waals surface area contributed by atoms with Gasteiger partial charge in [-0.2, -0.15) is 0 Å². The molecule has 0 radical (unpaired) electrons. The first-order chi connectivity index (χ1) is 15.9. The van der Waals surface area contributed by atoms with E-state index >= 15 is 0 Å². The molecule has 0 fully saturated rings. The molecule has 0 unspecified atom stereocenters. The fourth-order valence-corrected chi connectivity index (χ4v) is 5.28. The van der Waals surface area contributed by atoms with Crippen molar-refractivity contribution >= 4 is 15.7 Å². The predicted octanol–water partition coefficient (Wildman–Crippen LogP) is 5.24. The van der Waals surface area contributed by atoms with Crippen LogP contribution in [0, 0.1) is 6.92 Å². The second kappa shape index (κ2) is 10.2. The lowest BCUT2D eigenvalue weighted by molar-refractivity contribution is 0.0954. The lowest BCUT2D eigenvalue weighted by Crippen LogP contribution is -2.24. The van der Waals surface area contributed by atoms with E-state index in [1.807, 2.05) is 0 Å². The van der Waals surface area contributed by atoms with E-state index < -0.39 is 9.84 Å². The standard InChI is InChI=1S/C26H28N2O4S/c1-19-24(18-33(30,31)23-10-6-3-7-11-23)28-26(32-19)22-14-12-21(13-15-22)25(29)27-17-16-20-8-4-2-5-9-20/h3,6-8,10-15H,2,4-5,9,16-18H2,1H3,(H,27,29). The highest BCUT2D eigenvalue weighted by molar-refractivity contribution is 7.90. The van der Waals surface area contributed by atoms with Crippen LogP contribution in [0.3, 0.4) is 0 Å². The lowest BCUT2D eigenvalue weighted by atomic mass is 9.97. The SMILES string of the molecule is Cc1oc(-c2ccc(C(=O)NCCC3=CCCCC3)cc2)nc1CS(=O)(=O)c1ccccc1. The third-order valence-corrected chi connectivity index (χ3v) is 7.48. The molecule has 2 aromatic carbocycles. The second-order valence-electron chi connectivity index (χ2n) is 8.29. The summed E-state index contributed by atoms with van der Waals surface area (Å²) >= 11 is 0. The van der Waals surface area contributed by atoms with E-state index in [1.165, 1.54) is 18.4 Å². The molecule has 1 aromatic heterocycles. The van der Waals surface area contributed by atoms with Crippen molar-refractivity contribution in [1.29, 1.82) is 0 Å². The molecule has 7 heteroatoms. The van der Waals surface area contributed by atoms with Gasteiger partial charge < -0.3 is 9.73 Å². The Balaban J connectivity index is 1.39. The summed E-state index contributed by atoms with van der Waals surface area (Å²) in [4.78, 5) is 17.1. The second-order valence-corrected chi connectivity index (χ2v) is 10.3. The number of nitrogens with zero attached hydrogens (tertiary/aromatic N) is 1. The Labute approximate surface area is 194 Å². The van der Waals surface area contributed by atoms with Crippen LogP contribution in [-0.2, 0) is 15.6 Å². The smallest absolute Gasteiger partial charge is 0.251 e. The van der Waals surface area contributed by atoms with Crippen LogP contribution in [0.2, 0.25) is 0 Å². The predicted molar refractivity (Wildman–Crippen MR) is 128 cm³/mol. The van der Waals surface area contributed by atoms with Gasteiger partial charge >= 0.3 is 0 Å². The van der Waals surface area contributed by atoms with E-state index in [1.54, 1.807) is 61.5 Å². The monoisotopic (exact) mass is 464 g/mol. The van der Waals surface area contributed by atoms with E-state index in [0.717, 1.165) is 19.3 Å². The Bertz CT molecular complexity index is 1240. The fraction of sp³-hybridized carbons (Fsp3) is 0.308. The number of nitrogens with one attached hydrogen (secondary N) is 1. The molecule has 1 amide bonds. The molecule has 0 saturated carbocycles. The van der Waals surface area contributed by atoms with Gasteiger partial charge in [0.05, 0.1) is 10.6 Å². The summed E-state index contributed by atoms with van der Waals surface area (Å²) in [5, 5.41) is 2.97. The van der Waals surface area contributed by atoms with Crippen molar-refractivity contribution in [3.05, 3.63) is 83.3 Å². The molecule has 172 valence electrons. The third kappa shape index (κ3) is 5.79. The van der Waals surface area contributed by atoms with Gasteiger partial charge in [-0.15, -0.1) is 0 Å². The molecule has 0 saturated heterocycles. The van der Waals surface area contributed by atoms with Crippen LogP contribution >= 0.6 is 0 Å². The molecule has 0 aliphatic heterocycles. The third-order valence-electron chi connectivity index (χ3n) is 5.83. The first kappa shape index (κ1) is 23.0. The van der Waals surface area contributed by atoms with Crippen LogP contribution in [0.25, 0.3) is 11.5 Å². The zero-order valence-corrected chi connectivity index (χ0v) is 19.5. The molecule has 0 spiro atoms. The number of amides is 1. The summed E-state index contributed by atoms with van der Waals surface area (Å²) in [5.41, 5.74) is 3.06. The van der Waals surface area contributed by atoms with Crippen molar-refractivity contribution in [1.82, 2.24) is 10.3 Å². The van der Waals surface area contributed by atoms with E-state index in [4.69, 9.17) is 4.42 Å². The van der Waals surface area contributed by atoms with Gasteiger partial charge in [0.25, 0.3) is 5.91 Å². The molecule has 0 atom stereocenters. The van der Waals surface area contributed by atoms with Crippen LogP contribution in [-0.4, -0.2) is 25.9 Å². The molecule has 1 aliphatic rings. The number of hydrogen-bond acceptors (Lipinski definition) is 5. The molecule has 4 rings (SSSR count). The van der Waals surface area contributed by atoms with Crippen molar-refractivity contribution in [2.75, 3.05) is 6.54 Å². The van der Waals surface area contributed by atoms with Gasteiger partial charge in [0.15, 0.2) is 9.84 Å². The summed E-state index contributed by atoms with van der Waals surface area (Å²) in [6.07, 6.45) is 7.97. The average Bonchev–Trinajstić information content (AvgIpc) is 3.20. The van der Waals surface area contributed by atoms with Gasteiger partial charge in [-0.05, 0) is 75.4 Å². The molecule has 6 nitrogen and oxygen atoms in total. The number of oxazole rings is 1. The molecular formula is C26H28N2O4S. The summed E-state index contributed by atoms with van der Waals surface area (Å²) in [6.45, 7) is 2.33. The number of sulfone groups is 1. The number of benzene rings is 2. The number of rotatable bonds is 8. The zero-order chi connectivity index (χ0) is 23.3. The molecule has 1 aliphatic carbocycles. The topological polar surface area (TPSA) is 89.3 Å². The maximum Gasteiger partial charge on any atom is 0.251 e. The normalized spacial score (nSPS) is 14.0. The lowest BCUT2D eigenvalue weighted by Gasteiger charge is -2.13. The van der Waals surface area contributed by atoms with Gasteiger partial charge in [-0.1, -0.05) is 29.8 Å². The minimum atomic E-state index is -3.52. The number of aryl methyl sites for hydroxylation is 1. The molecular weight excluding hydrogens is 436 g/mol. The van der Waals surface area contributed by atoms with Crippen LogP contribution < -0.4 is 5.32 Å². The van der Waals surface area contributed by atoms with Crippen LogP contribution in [0.1, 0.15) is 53.9 Å². The molecule has 3 aromatic rings. The van der Waals surface area contributed by atoms with E-state index in [0.29, 0.717) is 35.0 Å². The van der Waals surface area contributed by atoms with Crippen molar-refractivity contribution in [3.8, 4) is 11.5 Å². The van der Waals surface area contributed by atoms with Crippen molar-refractivity contribution in [3.63, 3.8) is 0 Å². The highest BCUT2D eigenvalue weighted by Gasteiger charge is 2.21. The quantitative estimate of drug-likeness (QED) is 0.460. The van der Waals surface area contributed by atoms with Crippen molar-refractivity contribution in [2.24, 2.45) is 0 Å². The summed E-state index contributed by atoms with van der Waals surface area (Å²) in [6, 6.07) is 15.3. The van der Waals surface area contributed by atoms with Crippen LogP contribution in [0.15, 0.2) is 75.6 Å². The van der Waals surface area contributed by atoms with Gasteiger partial charge in [0.2, 0.25) is 5.89 Å². The highest BCUT2D eigenvalue weighted by atomic mass is 32.2. The number of hydrogen-bond donors (Lipinski definition) is 1. The summed E-state index contributed by atoms with van der Waals surface area (Å²) in [7, 11) is -3.52. The van der Waals surface area contributed by atoms with E-state index in [9.17, 15) is 13.2 Å². The molecule has 1 N–H and O–H groups in total. The Hall–Kier alpha value is -3.19. The van der Waals surface area contributed by atoms with Gasteiger partial charge in [0, 0.05) is 17.7 Å². The van der Waals surface area contributed by atoms with Crippen LogP contribution in [0.5, 0.6) is 0 Å². The highest BCUT2D eigenvalue weighted by Crippen LogP contribution is 2.25. The van der Waals surface area contributed by atoms with E-state index in [2.05, 4.69) is 16.4 Å². The van der Waals surface area contributed by atoms with E-state index in [-0.39, 0.29) is 16.6 Å². The fourth-order valence-electron chi connectivity index (χ4n) is 3.91. The van der Waals surface area contributed by atoms with Gasteiger partial charge in [0.1, 0.15) is 11.5 Å². The van der Waals surface area contributed by atoms with Gasteiger partial charge in [-0.25, -0.2) is 13.4 Å². The minimum absolute atomic E-state index is 0.115.